The Morgan fingerprint density at radius 3 is 2.54 bits per heavy atom. The number of carbonyl (C=O) groups excluding carboxylic acids is 2. The van der Waals surface area contributed by atoms with Crippen LogP contribution in [0.15, 0.2) is 40.2 Å². The topological polar surface area (TPSA) is 98.0 Å². The first-order valence-corrected chi connectivity index (χ1v) is 9.42. The van der Waals surface area contributed by atoms with Gasteiger partial charge in [-0.1, -0.05) is 35.0 Å². The number of carbonyl (C=O) groups is 2. The number of nitrogens with one attached hydrogen (secondary N) is 1. The standard InChI is InChI=1S/C20H16N4O3S/c1-10-4-6-13(7-5-10)15-8-14(17-11(2)24-27-19(17)21-15)18(26)23-20-22-16(9-28-20)12(3)25/h4-9H,1-3H3,(H,22,23,26). The van der Waals surface area contributed by atoms with Crippen molar-refractivity contribution in [3.8, 4) is 11.3 Å². The maximum absolute atomic E-state index is 13.0. The summed E-state index contributed by atoms with van der Waals surface area (Å²) in [7, 11) is 0. The molecule has 0 aliphatic carbocycles. The van der Waals surface area contributed by atoms with Gasteiger partial charge in [0, 0.05) is 17.9 Å². The largest absolute Gasteiger partial charge is 0.335 e. The molecule has 0 aliphatic rings. The molecule has 0 saturated heterocycles. The van der Waals surface area contributed by atoms with Crippen molar-refractivity contribution in [2.24, 2.45) is 0 Å². The Hall–Kier alpha value is -3.39. The van der Waals surface area contributed by atoms with Gasteiger partial charge in [-0.15, -0.1) is 11.3 Å². The molecule has 0 spiro atoms. The average molecular weight is 392 g/mol. The number of amides is 1. The van der Waals surface area contributed by atoms with E-state index >= 15 is 0 Å². The van der Waals surface area contributed by atoms with Gasteiger partial charge in [0.1, 0.15) is 5.69 Å². The Labute approximate surface area is 164 Å². The van der Waals surface area contributed by atoms with Crippen LogP contribution in [0.25, 0.3) is 22.4 Å². The highest BCUT2D eigenvalue weighted by molar-refractivity contribution is 7.14. The van der Waals surface area contributed by atoms with Gasteiger partial charge in [-0.2, -0.15) is 0 Å². The Balaban J connectivity index is 1.77. The Morgan fingerprint density at radius 1 is 1.11 bits per heavy atom. The number of fused-ring (bicyclic) bond motifs is 1. The summed E-state index contributed by atoms with van der Waals surface area (Å²) in [4.78, 5) is 33.0. The number of hydrogen-bond donors (Lipinski definition) is 1. The van der Waals surface area contributed by atoms with Crippen LogP contribution in [-0.4, -0.2) is 26.8 Å². The van der Waals surface area contributed by atoms with Crippen molar-refractivity contribution in [1.29, 1.82) is 0 Å². The Kier molecular flexibility index (Phi) is 4.48. The first-order chi connectivity index (χ1) is 13.4. The van der Waals surface area contributed by atoms with Crippen LogP contribution in [0.5, 0.6) is 0 Å². The molecule has 3 heterocycles. The third-order valence-electron chi connectivity index (χ3n) is 4.29. The van der Waals surface area contributed by atoms with Gasteiger partial charge < -0.3 is 4.52 Å². The molecule has 28 heavy (non-hydrogen) atoms. The van der Waals surface area contributed by atoms with Crippen molar-refractivity contribution in [3.63, 3.8) is 0 Å². The third kappa shape index (κ3) is 3.29. The monoisotopic (exact) mass is 392 g/mol. The molecule has 0 bridgehead atoms. The van der Waals surface area contributed by atoms with E-state index in [-0.39, 0.29) is 11.7 Å². The van der Waals surface area contributed by atoms with Crippen molar-refractivity contribution in [2.75, 3.05) is 5.32 Å². The fourth-order valence-corrected chi connectivity index (χ4v) is 3.55. The lowest BCUT2D eigenvalue weighted by Crippen LogP contribution is -2.13. The molecule has 7 nitrogen and oxygen atoms in total. The van der Waals surface area contributed by atoms with Gasteiger partial charge in [0.2, 0.25) is 0 Å². The second-order valence-corrected chi connectivity index (χ2v) is 7.28. The lowest BCUT2D eigenvalue weighted by Gasteiger charge is -2.07. The summed E-state index contributed by atoms with van der Waals surface area (Å²) < 4.78 is 5.31. The first kappa shape index (κ1) is 18.0. The molecule has 0 aliphatic heterocycles. The van der Waals surface area contributed by atoms with Gasteiger partial charge >= 0.3 is 0 Å². The molecule has 4 aromatic rings. The number of anilines is 1. The molecule has 1 N–H and O–H groups in total. The van der Waals surface area contributed by atoms with Crippen molar-refractivity contribution in [3.05, 3.63) is 58.2 Å². The van der Waals surface area contributed by atoms with E-state index in [9.17, 15) is 9.59 Å². The van der Waals surface area contributed by atoms with Crippen LogP contribution < -0.4 is 5.32 Å². The molecule has 1 amide bonds. The number of benzene rings is 1. The molecular formula is C20H16N4O3S. The van der Waals surface area contributed by atoms with Crippen LogP contribution in [0.2, 0.25) is 0 Å². The zero-order valence-electron chi connectivity index (χ0n) is 15.4. The van der Waals surface area contributed by atoms with Crippen molar-refractivity contribution < 1.29 is 14.1 Å². The number of aryl methyl sites for hydroxylation is 2. The fourth-order valence-electron chi connectivity index (χ4n) is 2.80. The summed E-state index contributed by atoms with van der Waals surface area (Å²) in [6.45, 7) is 5.19. The van der Waals surface area contributed by atoms with Crippen LogP contribution in [0, 0.1) is 13.8 Å². The van der Waals surface area contributed by atoms with E-state index in [1.807, 2.05) is 31.2 Å². The average Bonchev–Trinajstić information content (AvgIpc) is 3.29. The van der Waals surface area contributed by atoms with E-state index in [2.05, 4.69) is 20.4 Å². The first-order valence-electron chi connectivity index (χ1n) is 8.54. The highest BCUT2D eigenvalue weighted by Gasteiger charge is 2.20. The quantitative estimate of drug-likeness (QED) is 0.516. The maximum Gasteiger partial charge on any atom is 0.259 e. The van der Waals surface area contributed by atoms with Crippen LogP contribution in [0.4, 0.5) is 5.13 Å². The highest BCUT2D eigenvalue weighted by Crippen LogP contribution is 2.28. The molecule has 0 atom stereocenters. The van der Waals surface area contributed by atoms with Crippen LogP contribution in [0.1, 0.15) is 39.0 Å². The summed E-state index contributed by atoms with van der Waals surface area (Å²) >= 11 is 1.20. The number of Topliss-reactive ketones (excluding diaryl/α,β-unsaturated/α-hetero) is 1. The van der Waals surface area contributed by atoms with E-state index in [1.54, 1.807) is 18.4 Å². The fraction of sp³-hybridized carbons (Fsp3) is 0.150. The summed E-state index contributed by atoms with van der Waals surface area (Å²) in [5.41, 5.74) is 4.18. The number of pyridine rings is 1. The number of hydrogen-bond acceptors (Lipinski definition) is 7. The van der Waals surface area contributed by atoms with Gasteiger partial charge in [-0.05, 0) is 19.9 Å². The van der Waals surface area contributed by atoms with E-state index < -0.39 is 0 Å². The van der Waals surface area contributed by atoms with E-state index in [0.717, 1.165) is 11.1 Å². The summed E-state index contributed by atoms with van der Waals surface area (Å²) in [6, 6.07) is 9.55. The summed E-state index contributed by atoms with van der Waals surface area (Å²) in [5.74, 6) is -0.517. The molecule has 4 rings (SSSR count). The molecule has 1 aromatic carbocycles. The van der Waals surface area contributed by atoms with E-state index in [0.29, 0.717) is 38.9 Å². The van der Waals surface area contributed by atoms with Gasteiger partial charge in [0.15, 0.2) is 10.9 Å². The molecule has 3 aromatic heterocycles. The zero-order chi connectivity index (χ0) is 19.8. The van der Waals surface area contributed by atoms with Crippen molar-refractivity contribution in [1.82, 2.24) is 15.1 Å². The van der Waals surface area contributed by atoms with Gasteiger partial charge in [-0.25, -0.2) is 9.97 Å². The SMILES string of the molecule is CC(=O)c1csc(NC(=O)c2cc(-c3ccc(C)cc3)nc3onc(C)c23)n1. The molecular weight excluding hydrogens is 376 g/mol. The normalized spacial score (nSPS) is 11.0. The maximum atomic E-state index is 13.0. The number of thiazole rings is 1. The minimum absolute atomic E-state index is 0.153. The second kappa shape index (κ2) is 6.97. The summed E-state index contributed by atoms with van der Waals surface area (Å²) in [5, 5.41) is 9.22. The second-order valence-electron chi connectivity index (χ2n) is 6.42. The predicted octanol–water partition coefficient (Wildman–Crippen LogP) is 4.42. The van der Waals surface area contributed by atoms with Gasteiger partial charge in [0.25, 0.3) is 11.6 Å². The molecule has 0 saturated carbocycles. The molecule has 0 unspecified atom stereocenters. The summed E-state index contributed by atoms with van der Waals surface area (Å²) in [6.07, 6.45) is 0. The van der Waals surface area contributed by atoms with Crippen LogP contribution >= 0.6 is 11.3 Å². The lowest BCUT2D eigenvalue weighted by atomic mass is 10.0. The number of rotatable bonds is 4. The minimum Gasteiger partial charge on any atom is -0.335 e. The lowest BCUT2D eigenvalue weighted by molar-refractivity contribution is 0.100. The Bertz CT molecular complexity index is 1210. The number of nitrogens with zero attached hydrogens (tertiary/aromatic N) is 3. The number of aromatic nitrogens is 3. The molecule has 140 valence electrons. The van der Waals surface area contributed by atoms with Crippen LogP contribution in [-0.2, 0) is 0 Å². The Morgan fingerprint density at radius 2 is 1.86 bits per heavy atom. The third-order valence-corrected chi connectivity index (χ3v) is 5.05. The minimum atomic E-state index is -0.364. The van der Waals surface area contributed by atoms with Gasteiger partial charge in [0.05, 0.1) is 22.3 Å². The van der Waals surface area contributed by atoms with Gasteiger partial charge in [-0.3, -0.25) is 14.9 Å². The highest BCUT2D eigenvalue weighted by atomic mass is 32.1. The smallest absolute Gasteiger partial charge is 0.259 e. The number of ketones is 1. The molecule has 0 radical (unpaired) electrons. The van der Waals surface area contributed by atoms with Crippen molar-refractivity contribution in [2.45, 2.75) is 20.8 Å². The van der Waals surface area contributed by atoms with E-state index in [1.165, 1.54) is 18.3 Å². The molecule has 0 fully saturated rings. The van der Waals surface area contributed by atoms with Crippen molar-refractivity contribution >= 4 is 39.3 Å². The molecule has 8 heteroatoms. The zero-order valence-corrected chi connectivity index (χ0v) is 16.3. The predicted molar refractivity (Wildman–Crippen MR) is 107 cm³/mol. The van der Waals surface area contributed by atoms with E-state index in [4.69, 9.17) is 4.52 Å². The van der Waals surface area contributed by atoms with Crippen LogP contribution in [0.3, 0.4) is 0 Å².